The molecule has 0 amide bonds. The molecule has 0 aromatic rings. The molecule has 1 heterocycles. The van der Waals surface area contributed by atoms with Gasteiger partial charge in [0.25, 0.3) is 0 Å². The lowest BCUT2D eigenvalue weighted by atomic mass is 9.86. The van der Waals surface area contributed by atoms with E-state index >= 15 is 0 Å². The monoisotopic (exact) mass is 153 g/mol. The minimum atomic E-state index is -0.282. The van der Waals surface area contributed by atoms with E-state index in [9.17, 15) is 4.79 Å². The average Bonchev–Trinajstić information content (AvgIpc) is 2.36. The Balaban J connectivity index is 2.77. The third kappa shape index (κ3) is 1.48. The van der Waals surface area contributed by atoms with Crippen molar-refractivity contribution in [3.05, 3.63) is 12.7 Å². The van der Waals surface area contributed by atoms with Crippen LogP contribution in [0.1, 0.15) is 20.3 Å². The molecule has 0 saturated heterocycles. The second-order valence-corrected chi connectivity index (χ2v) is 3.10. The van der Waals surface area contributed by atoms with Crippen molar-refractivity contribution in [3.63, 3.8) is 0 Å². The van der Waals surface area contributed by atoms with Gasteiger partial charge in [0, 0.05) is 5.41 Å². The van der Waals surface area contributed by atoms with Crippen LogP contribution in [0.5, 0.6) is 0 Å². The van der Waals surface area contributed by atoms with Crippen LogP contribution in [0.4, 0.5) is 0 Å². The normalized spacial score (nSPS) is 17.6. The fourth-order valence-electron chi connectivity index (χ4n) is 0.771. The molecule has 3 nitrogen and oxygen atoms in total. The Kier molecular flexibility index (Phi) is 1.81. The van der Waals surface area contributed by atoms with Crippen LogP contribution < -0.4 is 0 Å². The third-order valence-corrected chi connectivity index (χ3v) is 1.82. The minimum Gasteiger partial charge on any atom is -0.318 e. The maximum atomic E-state index is 10.6. The lowest BCUT2D eigenvalue weighted by Gasteiger charge is -2.16. The number of hydrogen-bond donors (Lipinski definition) is 0. The molecule has 0 saturated carbocycles. The summed E-state index contributed by atoms with van der Waals surface area (Å²) in [4.78, 5) is 15.1. The quantitative estimate of drug-likeness (QED) is 0.445. The van der Waals surface area contributed by atoms with Crippen molar-refractivity contribution < 1.29 is 9.63 Å². The smallest absolute Gasteiger partial charge is 0.318 e. The van der Waals surface area contributed by atoms with Gasteiger partial charge >= 0.3 is 5.97 Å². The van der Waals surface area contributed by atoms with Gasteiger partial charge in [-0.3, -0.25) is 0 Å². The van der Waals surface area contributed by atoms with Crippen molar-refractivity contribution in [2.24, 2.45) is 10.6 Å². The average molecular weight is 153 g/mol. The third-order valence-electron chi connectivity index (χ3n) is 1.82. The summed E-state index contributed by atoms with van der Waals surface area (Å²) in [5.41, 5.74) is 0.518. The van der Waals surface area contributed by atoms with Crippen molar-refractivity contribution in [2.45, 2.75) is 20.3 Å². The van der Waals surface area contributed by atoms with Gasteiger partial charge in [0.15, 0.2) is 0 Å². The summed E-state index contributed by atoms with van der Waals surface area (Å²) in [5.74, 6) is -0.282. The zero-order valence-corrected chi connectivity index (χ0v) is 6.76. The van der Waals surface area contributed by atoms with Crippen molar-refractivity contribution >= 4 is 11.7 Å². The first-order valence-corrected chi connectivity index (χ1v) is 3.47. The van der Waals surface area contributed by atoms with Crippen LogP contribution in [-0.2, 0) is 9.63 Å². The lowest BCUT2D eigenvalue weighted by Crippen LogP contribution is -2.20. The first-order valence-electron chi connectivity index (χ1n) is 3.47. The lowest BCUT2D eigenvalue weighted by molar-refractivity contribution is -0.140. The summed E-state index contributed by atoms with van der Waals surface area (Å²) < 4.78 is 0. The predicted octanol–water partition coefficient (Wildman–Crippen LogP) is 1.50. The summed E-state index contributed by atoms with van der Waals surface area (Å²) in [6.45, 7) is 7.54. The van der Waals surface area contributed by atoms with Gasteiger partial charge in [-0.1, -0.05) is 25.1 Å². The Morgan fingerprint density at radius 1 is 1.73 bits per heavy atom. The number of nitrogens with zero attached hydrogens (tertiary/aromatic N) is 1. The molecule has 1 rings (SSSR count). The van der Waals surface area contributed by atoms with E-state index in [0.717, 1.165) is 5.71 Å². The van der Waals surface area contributed by atoms with Gasteiger partial charge in [0.2, 0.25) is 0 Å². The molecule has 1 aliphatic heterocycles. The van der Waals surface area contributed by atoms with Crippen LogP contribution >= 0.6 is 0 Å². The molecular weight excluding hydrogens is 142 g/mol. The molecule has 0 bridgehead atoms. The highest BCUT2D eigenvalue weighted by Gasteiger charge is 2.29. The van der Waals surface area contributed by atoms with Crippen LogP contribution in [0.25, 0.3) is 0 Å². The van der Waals surface area contributed by atoms with Gasteiger partial charge < -0.3 is 4.84 Å². The van der Waals surface area contributed by atoms with E-state index in [-0.39, 0.29) is 11.4 Å². The first-order chi connectivity index (χ1) is 5.06. The molecule has 0 aromatic heterocycles. The molecule has 0 aliphatic carbocycles. The Labute approximate surface area is 65.7 Å². The van der Waals surface area contributed by atoms with Gasteiger partial charge in [-0.15, -0.1) is 6.58 Å². The molecule has 0 fully saturated rings. The highest BCUT2D eigenvalue weighted by atomic mass is 16.7. The van der Waals surface area contributed by atoms with Crippen molar-refractivity contribution in [2.75, 3.05) is 0 Å². The van der Waals surface area contributed by atoms with E-state index in [1.54, 1.807) is 6.08 Å². The topological polar surface area (TPSA) is 38.7 Å². The van der Waals surface area contributed by atoms with E-state index < -0.39 is 0 Å². The maximum absolute atomic E-state index is 10.6. The van der Waals surface area contributed by atoms with Crippen LogP contribution in [0.15, 0.2) is 17.8 Å². The van der Waals surface area contributed by atoms with Crippen LogP contribution in [0, 0.1) is 5.41 Å². The molecule has 0 radical (unpaired) electrons. The van der Waals surface area contributed by atoms with E-state index in [1.807, 2.05) is 13.8 Å². The number of carbonyl (C=O) groups excluding carboxylic acids is 1. The molecule has 0 atom stereocenters. The molecule has 0 N–H and O–H groups in total. The minimum absolute atomic E-state index is 0.230. The fraction of sp³-hybridized carbons (Fsp3) is 0.500. The molecule has 60 valence electrons. The largest absolute Gasteiger partial charge is 0.340 e. The van der Waals surface area contributed by atoms with Crippen molar-refractivity contribution in [1.29, 1.82) is 0 Å². The van der Waals surface area contributed by atoms with E-state index in [0.29, 0.717) is 6.42 Å². The molecule has 11 heavy (non-hydrogen) atoms. The second-order valence-electron chi connectivity index (χ2n) is 3.10. The second kappa shape index (κ2) is 2.49. The van der Waals surface area contributed by atoms with E-state index in [2.05, 4.69) is 16.6 Å². The Morgan fingerprint density at radius 3 is 2.73 bits per heavy atom. The maximum Gasteiger partial charge on any atom is 0.340 e. The summed E-state index contributed by atoms with van der Waals surface area (Å²) in [6.07, 6.45) is 2.05. The summed E-state index contributed by atoms with van der Waals surface area (Å²) in [7, 11) is 0. The number of carbonyl (C=O) groups is 1. The molecule has 0 aromatic carbocycles. The summed E-state index contributed by atoms with van der Waals surface area (Å²) >= 11 is 0. The zero-order chi connectivity index (χ0) is 8.48. The van der Waals surface area contributed by atoms with Gasteiger partial charge in [0.05, 0.1) is 12.1 Å². The van der Waals surface area contributed by atoms with E-state index in [4.69, 9.17) is 0 Å². The molecular formula is C8H11NO2. The highest BCUT2D eigenvalue weighted by Crippen LogP contribution is 2.24. The van der Waals surface area contributed by atoms with Crippen LogP contribution in [0.2, 0.25) is 0 Å². The first kappa shape index (κ1) is 7.98. The Hall–Kier alpha value is -1.12. The van der Waals surface area contributed by atoms with Gasteiger partial charge in [0.1, 0.15) is 0 Å². The highest BCUT2D eigenvalue weighted by molar-refractivity contribution is 6.05. The molecule has 0 spiro atoms. The summed E-state index contributed by atoms with van der Waals surface area (Å²) in [6, 6.07) is 0. The number of allylic oxidation sites excluding steroid dienone is 1. The van der Waals surface area contributed by atoms with Gasteiger partial charge in [-0.2, -0.15) is 0 Å². The van der Waals surface area contributed by atoms with Crippen LogP contribution in [-0.4, -0.2) is 11.7 Å². The SMILES string of the molecule is C=CC(C)(C)C1=NOC(=O)C1. The van der Waals surface area contributed by atoms with E-state index in [1.165, 1.54) is 0 Å². The Morgan fingerprint density at radius 2 is 2.36 bits per heavy atom. The summed E-state index contributed by atoms with van der Waals surface area (Å²) in [5, 5.41) is 3.66. The number of rotatable bonds is 2. The van der Waals surface area contributed by atoms with Gasteiger partial charge in [-0.05, 0) is 0 Å². The fourth-order valence-corrected chi connectivity index (χ4v) is 0.771. The van der Waals surface area contributed by atoms with Crippen LogP contribution in [0.3, 0.4) is 0 Å². The number of hydrogen-bond acceptors (Lipinski definition) is 3. The van der Waals surface area contributed by atoms with Crippen molar-refractivity contribution in [1.82, 2.24) is 0 Å². The van der Waals surface area contributed by atoms with Crippen molar-refractivity contribution in [3.8, 4) is 0 Å². The molecule has 1 aliphatic rings. The van der Waals surface area contributed by atoms with Gasteiger partial charge in [-0.25, -0.2) is 4.79 Å². The molecule has 3 heteroatoms. The zero-order valence-electron chi connectivity index (χ0n) is 6.76. The standard InChI is InChI=1S/C8H11NO2/c1-4-8(2,3)6-5-7(10)11-9-6/h4H,1,5H2,2-3H3. The Bertz CT molecular complexity index is 228. The number of oxime groups is 1. The predicted molar refractivity (Wildman–Crippen MR) is 42.1 cm³/mol. The molecule has 0 unspecified atom stereocenters.